The first kappa shape index (κ1) is 14.2. The lowest BCUT2D eigenvalue weighted by molar-refractivity contribution is 0.0935. The SMILES string of the molecule is CC(C)CC(C)NC(=O)c1cccc(F)c1Br. The van der Waals surface area contributed by atoms with Crippen molar-refractivity contribution in [1.29, 1.82) is 0 Å². The van der Waals surface area contributed by atoms with E-state index in [1.54, 1.807) is 6.07 Å². The smallest absolute Gasteiger partial charge is 0.252 e. The van der Waals surface area contributed by atoms with E-state index in [-0.39, 0.29) is 16.4 Å². The Morgan fingerprint density at radius 3 is 2.65 bits per heavy atom. The van der Waals surface area contributed by atoms with Crippen LogP contribution in [0.3, 0.4) is 0 Å². The quantitative estimate of drug-likeness (QED) is 0.901. The molecule has 1 atom stereocenters. The van der Waals surface area contributed by atoms with Crippen LogP contribution in [0.1, 0.15) is 37.6 Å². The van der Waals surface area contributed by atoms with E-state index in [9.17, 15) is 9.18 Å². The van der Waals surface area contributed by atoms with Crippen molar-refractivity contribution in [1.82, 2.24) is 5.32 Å². The van der Waals surface area contributed by atoms with E-state index in [2.05, 4.69) is 35.1 Å². The molecule has 1 aromatic carbocycles. The van der Waals surface area contributed by atoms with Crippen LogP contribution < -0.4 is 5.32 Å². The Balaban J connectivity index is 2.73. The van der Waals surface area contributed by atoms with Crippen LogP contribution in [0.25, 0.3) is 0 Å². The highest BCUT2D eigenvalue weighted by molar-refractivity contribution is 9.10. The van der Waals surface area contributed by atoms with Crippen LogP contribution >= 0.6 is 15.9 Å². The summed E-state index contributed by atoms with van der Waals surface area (Å²) in [5.74, 6) is -0.153. The Bertz CT molecular complexity index is 406. The summed E-state index contributed by atoms with van der Waals surface area (Å²) in [6.45, 7) is 6.15. The van der Waals surface area contributed by atoms with Gasteiger partial charge >= 0.3 is 0 Å². The van der Waals surface area contributed by atoms with Gasteiger partial charge in [-0.3, -0.25) is 4.79 Å². The van der Waals surface area contributed by atoms with Gasteiger partial charge in [0.25, 0.3) is 5.91 Å². The number of carbonyl (C=O) groups excluding carboxylic acids is 1. The van der Waals surface area contributed by atoms with Gasteiger partial charge in [0.2, 0.25) is 0 Å². The normalized spacial score (nSPS) is 12.6. The molecule has 0 heterocycles. The van der Waals surface area contributed by atoms with Gasteiger partial charge in [0.15, 0.2) is 0 Å². The highest BCUT2D eigenvalue weighted by Crippen LogP contribution is 2.20. The minimum atomic E-state index is -0.422. The summed E-state index contributed by atoms with van der Waals surface area (Å²) in [6, 6.07) is 4.53. The Morgan fingerprint density at radius 2 is 2.06 bits per heavy atom. The van der Waals surface area contributed by atoms with Crippen molar-refractivity contribution < 1.29 is 9.18 Å². The van der Waals surface area contributed by atoms with Crippen molar-refractivity contribution in [2.45, 2.75) is 33.2 Å². The van der Waals surface area contributed by atoms with Crippen molar-refractivity contribution in [3.05, 3.63) is 34.1 Å². The third kappa shape index (κ3) is 4.11. The molecule has 0 spiro atoms. The van der Waals surface area contributed by atoms with Crippen LogP contribution in [0.5, 0.6) is 0 Å². The summed E-state index contributed by atoms with van der Waals surface area (Å²) in [6.07, 6.45) is 0.901. The van der Waals surface area contributed by atoms with E-state index in [4.69, 9.17) is 0 Å². The average molecular weight is 302 g/mol. The number of amides is 1. The average Bonchev–Trinajstić information content (AvgIpc) is 2.20. The number of halogens is 2. The number of carbonyl (C=O) groups is 1. The fourth-order valence-corrected chi connectivity index (χ4v) is 2.19. The number of hydrogen-bond acceptors (Lipinski definition) is 1. The molecule has 94 valence electrons. The molecule has 0 aliphatic rings. The molecule has 1 N–H and O–H groups in total. The maximum atomic E-state index is 13.3. The molecular weight excluding hydrogens is 285 g/mol. The molecule has 2 nitrogen and oxygen atoms in total. The molecule has 1 rings (SSSR count). The van der Waals surface area contributed by atoms with Gasteiger partial charge < -0.3 is 5.32 Å². The lowest BCUT2D eigenvalue weighted by atomic mass is 10.0. The standard InChI is InChI=1S/C13H17BrFNO/c1-8(2)7-9(3)16-13(17)10-5-4-6-11(15)12(10)14/h4-6,8-9H,7H2,1-3H3,(H,16,17). The second-order valence-electron chi connectivity index (χ2n) is 4.61. The lowest BCUT2D eigenvalue weighted by Gasteiger charge is -2.16. The van der Waals surface area contributed by atoms with Gasteiger partial charge in [-0.15, -0.1) is 0 Å². The van der Waals surface area contributed by atoms with Crippen LogP contribution in [0.2, 0.25) is 0 Å². The van der Waals surface area contributed by atoms with E-state index < -0.39 is 5.82 Å². The third-order valence-electron chi connectivity index (χ3n) is 2.40. The zero-order valence-electron chi connectivity index (χ0n) is 10.3. The highest BCUT2D eigenvalue weighted by atomic mass is 79.9. The zero-order chi connectivity index (χ0) is 13.0. The van der Waals surface area contributed by atoms with Gasteiger partial charge in [0.05, 0.1) is 10.0 Å². The van der Waals surface area contributed by atoms with Gasteiger partial charge in [-0.25, -0.2) is 4.39 Å². The van der Waals surface area contributed by atoms with Gasteiger partial charge in [0.1, 0.15) is 5.82 Å². The Kier molecular flexibility index (Phi) is 5.12. The van der Waals surface area contributed by atoms with Crippen molar-refractivity contribution in [3.63, 3.8) is 0 Å². The van der Waals surface area contributed by atoms with Crippen LogP contribution in [0.4, 0.5) is 4.39 Å². The van der Waals surface area contributed by atoms with Gasteiger partial charge in [-0.2, -0.15) is 0 Å². The van der Waals surface area contributed by atoms with Crippen LogP contribution in [-0.4, -0.2) is 11.9 Å². The van der Waals surface area contributed by atoms with E-state index in [1.807, 2.05) is 6.92 Å². The van der Waals surface area contributed by atoms with E-state index in [1.165, 1.54) is 12.1 Å². The van der Waals surface area contributed by atoms with Crippen molar-refractivity contribution >= 4 is 21.8 Å². The zero-order valence-corrected chi connectivity index (χ0v) is 11.8. The molecule has 0 fully saturated rings. The number of nitrogens with one attached hydrogen (secondary N) is 1. The molecule has 0 bridgehead atoms. The van der Waals surface area contributed by atoms with Gasteiger partial charge in [-0.1, -0.05) is 19.9 Å². The molecular formula is C13H17BrFNO. The summed E-state index contributed by atoms with van der Waals surface area (Å²) < 4.78 is 13.5. The van der Waals surface area contributed by atoms with E-state index >= 15 is 0 Å². The molecule has 0 aromatic heterocycles. The minimum absolute atomic E-state index is 0.0812. The van der Waals surface area contributed by atoms with E-state index in [0.717, 1.165) is 6.42 Å². The van der Waals surface area contributed by atoms with Crippen molar-refractivity contribution in [3.8, 4) is 0 Å². The van der Waals surface area contributed by atoms with Crippen molar-refractivity contribution in [2.75, 3.05) is 0 Å². The Hall–Kier alpha value is -0.900. The summed E-state index contributed by atoms with van der Waals surface area (Å²) in [4.78, 5) is 11.9. The monoisotopic (exact) mass is 301 g/mol. The van der Waals surface area contributed by atoms with Gasteiger partial charge in [0, 0.05) is 6.04 Å². The fraction of sp³-hybridized carbons (Fsp3) is 0.462. The predicted molar refractivity (Wildman–Crippen MR) is 70.5 cm³/mol. The number of rotatable bonds is 4. The second kappa shape index (κ2) is 6.15. The third-order valence-corrected chi connectivity index (χ3v) is 3.20. The minimum Gasteiger partial charge on any atom is -0.350 e. The summed E-state index contributed by atoms with van der Waals surface area (Å²) in [7, 11) is 0. The number of hydrogen-bond donors (Lipinski definition) is 1. The molecule has 0 radical (unpaired) electrons. The van der Waals surface area contributed by atoms with Crippen LogP contribution in [0.15, 0.2) is 22.7 Å². The summed E-state index contributed by atoms with van der Waals surface area (Å²) in [5, 5.41) is 2.86. The molecule has 0 saturated heterocycles. The molecule has 0 aliphatic heterocycles. The maximum Gasteiger partial charge on any atom is 0.252 e. The predicted octanol–water partition coefficient (Wildman–Crippen LogP) is 3.75. The molecule has 17 heavy (non-hydrogen) atoms. The van der Waals surface area contributed by atoms with Gasteiger partial charge in [-0.05, 0) is 47.3 Å². The number of benzene rings is 1. The topological polar surface area (TPSA) is 29.1 Å². The molecule has 1 aromatic rings. The highest BCUT2D eigenvalue weighted by Gasteiger charge is 2.15. The summed E-state index contributed by atoms with van der Waals surface area (Å²) in [5.41, 5.74) is 0.334. The maximum absolute atomic E-state index is 13.3. The van der Waals surface area contributed by atoms with Crippen LogP contribution in [-0.2, 0) is 0 Å². The summed E-state index contributed by atoms with van der Waals surface area (Å²) >= 11 is 3.09. The fourth-order valence-electron chi connectivity index (χ4n) is 1.75. The largest absolute Gasteiger partial charge is 0.350 e. The van der Waals surface area contributed by atoms with E-state index in [0.29, 0.717) is 11.5 Å². The first-order chi connectivity index (χ1) is 7.91. The molecule has 0 aliphatic carbocycles. The molecule has 1 amide bonds. The molecule has 4 heteroatoms. The molecule has 1 unspecified atom stereocenters. The second-order valence-corrected chi connectivity index (χ2v) is 5.40. The molecule has 0 saturated carbocycles. The first-order valence-corrected chi connectivity index (χ1v) is 6.46. The Morgan fingerprint density at radius 1 is 1.41 bits per heavy atom. The lowest BCUT2D eigenvalue weighted by Crippen LogP contribution is -2.33. The van der Waals surface area contributed by atoms with Crippen LogP contribution in [0, 0.1) is 11.7 Å². The first-order valence-electron chi connectivity index (χ1n) is 5.66. The Labute approximate surface area is 110 Å². The van der Waals surface area contributed by atoms with Crippen molar-refractivity contribution in [2.24, 2.45) is 5.92 Å².